The van der Waals surface area contributed by atoms with Crippen LogP contribution in [0.4, 0.5) is 0 Å². The van der Waals surface area contributed by atoms with Gasteiger partial charge in [-0.25, -0.2) is 0 Å². The van der Waals surface area contributed by atoms with Crippen LogP contribution in [0.2, 0.25) is 0 Å². The summed E-state index contributed by atoms with van der Waals surface area (Å²) in [6.07, 6.45) is 0.957. The molecule has 2 nitrogen and oxygen atoms in total. The van der Waals surface area contributed by atoms with Crippen molar-refractivity contribution in [2.45, 2.75) is 50.9 Å². The van der Waals surface area contributed by atoms with Crippen molar-refractivity contribution in [3.8, 4) is 0 Å². The third-order valence-electron chi connectivity index (χ3n) is 2.59. The van der Waals surface area contributed by atoms with Crippen LogP contribution in [-0.2, 0) is 4.79 Å². The van der Waals surface area contributed by atoms with E-state index in [1.807, 2.05) is 25.8 Å². The summed E-state index contributed by atoms with van der Waals surface area (Å²) in [5.74, 6) is 0.124. The second-order valence-electron chi connectivity index (χ2n) is 4.50. The first-order valence-electron chi connectivity index (χ1n) is 4.60. The minimum Gasteiger partial charge on any atom is -0.339 e. The van der Waals surface area contributed by atoms with E-state index in [0.29, 0.717) is 0 Å². The van der Waals surface area contributed by atoms with Gasteiger partial charge in [-0.3, -0.25) is 4.79 Å². The maximum Gasteiger partial charge on any atom is 0.239 e. The molecule has 0 saturated carbocycles. The fraction of sp³-hybridized carbons (Fsp3) is 0.900. The molecule has 0 aromatic carbocycles. The molecule has 0 radical (unpaired) electrons. The molecule has 0 spiro atoms. The zero-order chi connectivity index (χ0) is 10.9. The van der Waals surface area contributed by atoms with Gasteiger partial charge in [-0.2, -0.15) is 0 Å². The minimum atomic E-state index is -0.464. The summed E-state index contributed by atoms with van der Waals surface area (Å²) in [5.41, 5.74) is -0.0673. The number of carbonyl (C=O) groups excluding carboxylic acids is 1. The average molecular weight is 250 g/mol. The van der Waals surface area contributed by atoms with Crippen molar-refractivity contribution >= 4 is 21.8 Å². The van der Waals surface area contributed by atoms with Crippen LogP contribution in [-0.4, -0.2) is 27.7 Å². The third-order valence-corrected chi connectivity index (χ3v) is 2.93. The average Bonchev–Trinajstić information content (AvgIpc) is 2.00. The van der Waals surface area contributed by atoms with Crippen LogP contribution in [0.1, 0.15) is 41.0 Å². The number of amides is 1. The predicted molar refractivity (Wildman–Crippen MR) is 60.1 cm³/mol. The molecule has 0 aliphatic heterocycles. The Balaban J connectivity index is 4.62. The number of hydrogen-bond acceptors (Lipinski definition) is 1. The second-order valence-corrected chi connectivity index (χ2v) is 6.49. The SMILES string of the molecule is CCC(C)(C)N(C)C(=O)C(C)(C)Br. The van der Waals surface area contributed by atoms with Gasteiger partial charge in [-0.15, -0.1) is 0 Å². The standard InChI is InChI=1S/C10H20BrNO/c1-7-9(2,3)12(6)8(13)10(4,5)11/h7H2,1-6H3. The molecule has 78 valence electrons. The Morgan fingerprint density at radius 1 is 1.31 bits per heavy atom. The van der Waals surface area contributed by atoms with Crippen LogP contribution in [0.5, 0.6) is 0 Å². The van der Waals surface area contributed by atoms with Crippen molar-refractivity contribution in [3.63, 3.8) is 0 Å². The largest absolute Gasteiger partial charge is 0.339 e. The molecule has 0 heterocycles. The van der Waals surface area contributed by atoms with Crippen molar-refractivity contribution in [3.05, 3.63) is 0 Å². The summed E-state index contributed by atoms with van der Waals surface area (Å²) in [6, 6.07) is 0. The molecular formula is C10H20BrNO. The van der Waals surface area contributed by atoms with Crippen LogP contribution in [0, 0.1) is 0 Å². The highest BCUT2D eigenvalue weighted by Crippen LogP contribution is 2.25. The van der Waals surface area contributed by atoms with Gasteiger partial charge in [0.15, 0.2) is 0 Å². The monoisotopic (exact) mass is 249 g/mol. The van der Waals surface area contributed by atoms with E-state index in [1.165, 1.54) is 0 Å². The minimum absolute atomic E-state index is 0.0673. The lowest BCUT2D eigenvalue weighted by molar-refractivity contribution is -0.136. The Bertz CT molecular complexity index is 194. The third kappa shape index (κ3) is 3.29. The van der Waals surface area contributed by atoms with Gasteiger partial charge >= 0.3 is 0 Å². The highest BCUT2D eigenvalue weighted by atomic mass is 79.9. The maximum absolute atomic E-state index is 11.8. The van der Waals surface area contributed by atoms with E-state index in [4.69, 9.17) is 0 Å². The Morgan fingerprint density at radius 2 is 1.69 bits per heavy atom. The molecule has 0 bridgehead atoms. The summed E-state index contributed by atoms with van der Waals surface area (Å²) < 4.78 is -0.464. The molecule has 0 aromatic heterocycles. The van der Waals surface area contributed by atoms with Crippen molar-refractivity contribution < 1.29 is 4.79 Å². The number of carbonyl (C=O) groups is 1. The number of alkyl halides is 1. The maximum atomic E-state index is 11.8. The number of halogens is 1. The number of hydrogen-bond donors (Lipinski definition) is 0. The van der Waals surface area contributed by atoms with E-state index in [0.717, 1.165) is 6.42 Å². The first-order valence-corrected chi connectivity index (χ1v) is 5.39. The fourth-order valence-corrected chi connectivity index (χ4v) is 1.18. The lowest BCUT2D eigenvalue weighted by atomic mass is 9.98. The summed E-state index contributed by atoms with van der Waals surface area (Å²) in [7, 11) is 1.86. The van der Waals surface area contributed by atoms with Crippen LogP contribution >= 0.6 is 15.9 Å². The van der Waals surface area contributed by atoms with Gasteiger partial charge in [-0.1, -0.05) is 22.9 Å². The number of rotatable bonds is 3. The van der Waals surface area contributed by atoms with Gasteiger partial charge in [0.1, 0.15) is 0 Å². The normalized spacial score (nSPS) is 12.8. The van der Waals surface area contributed by atoms with Gasteiger partial charge in [0.05, 0.1) is 4.32 Å². The van der Waals surface area contributed by atoms with Gasteiger partial charge < -0.3 is 4.90 Å². The fourth-order valence-electron chi connectivity index (χ4n) is 0.911. The summed E-state index contributed by atoms with van der Waals surface area (Å²) >= 11 is 3.37. The Kier molecular flexibility index (Phi) is 3.97. The van der Waals surface area contributed by atoms with Crippen molar-refractivity contribution in [1.29, 1.82) is 0 Å². The smallest absolute Gasteiger partial charge is 0.239 e. The van der Waals surface area contributed by atoms with Crippen molar-refractivity contribution in [2.24, 2.45) is 0 Å². The second kappa shape index (κ2) is 3.99. The lowest BCUT2D eigenvalue weighted by Crippen LogP contribution is -2.50. The molecule has 3 heteroatoms. The van der Waals surface area contributed by atoms with Crippen LogP contribution < -0.4 is 0 Å². The highest BCUT2D eigenvalue weighted by molar-refractivity contribution is 9.10. The summed E-state index contributed by atoms with van der Waals surface area (Å²) in [5, 5.41) is 0. The van der Waals surface area contributed by atoms with E-state index >= 15 is 0 Å². The van der Waals surface area contributed by atoms with Crippen LogP contribution in [0.3, 0.4) is 0 Å². The van der Waals surface area contributed by atoms with E-state index < -0.39 is 4.32 Å². The predicted octanol–water partition coefficient (Wildman–Crippen LogP) is 2.81. The lowest BCUT2D eigenvalue weighted by Gasteiger charge is -2.38. The zero-order valence-corrected chi connectivity index (χ0v) is 11.0. The molecule has 0 aromatic rings. The zero-order valence-electron chi connectivity index (χ0n) is 9.44. The molecular weight excluding hydrogens is 230 g/mol. The van der Waals surface area contributed by atoms with E-state index in [1.54, 1.807) is 0 Å². The summed E-state index contributed by atoms with van der Waals surface area (Å²) in [4.78, 5) is 13.7. The molecule has 0 fully saturated rings. The van der Waals surface area contributed by atoms with Crippen LogP contribution in [0.15, 0.2) is 0 Å². The molecule has 0 unspecified atom stereocenters. The molecule has 0 aliphatic rings. The molecule has 0 aliphatic carbocycles. The quantitative estimate of drug-likeness (QED) is 0.705. The molecule has 0 rings (SSSR count). The van der Waals surface area contributed by atoms with Gasteiger partial charge in [-0.05, 0) is 34.1 Å². The van der Waals surface area contributed by atoms with Crippen molar-refractivity contribution in [2.75, 3.05) is 7.05 Å². The van der Waals surface area contributed by atoms with E-state index in [2.05, 4.69) is 36.7 Å². The van der Waals surface area contributed by atoms with Crippen molar-refractivity contribution in [1.82, 2.24) is 4.90 Å². The van der Waals surface area contributed by atoms with Gasteiger partial charge in [0, 0.05) is 12.6 Å². The van der Waals surface area contributed by atoms with Gasteiger partial charge in [0.2, 0.25) is 5.91 Å². The Labute approximate surface area is 89.8 Å². The molecule has 13 heavy (non-hydrogen) atoms. The van der Waals surface area contributed by atoms with E-state index in [9.17, 15) is 4.79 Å². The Hall–Kier alpha value is -0.0500. The first-order chi connectivity index (χ1) is 5.63. The van der Waals surface area contributed by atoms with Gasteiger partial charge in [0.25, 0.3) is 0 Å². The van der Waals surface area contributed by atoms with Crippen LogP contribution in [0.25, 0.3) is 0 Å². The molecule has 0 saturated heterocycles. The first kappa shape index (κ1) is 12.9. The molecule has 0 atom stereocenters. The topological polar surface area (TPSA) is 20.3 Å². The summed E-state index contributed by atoms with van der Waals surface area (Å²) in [6.45, 7) is 9.98. The molecule has 0 N–H and O–H groups in total. The number of nitrogens with zero attached hydrogens (tertiary/aromatic N) is 1. The van der Waals surface area contributed by atoms with E-state index in [-0.39, 0.29) is 11.4 Å². The molecule has 1 amide bonds. The highest BCUT2D eigenvalue weighted by Gasteiger charge is 2.33. The Morgan fingerprint density at radius 3 is 1.92 bits per heavy atom.